The molecule has 0 unspecified atom stereocenters. The first kappa shape index (κ1) is 17.6. The minimum Gasteiger partial charge on any atom is -0.497 e. The van der Waals surface area contributed by atoms with Crippen molar-refractivity contribution in [1.82, 2.24) is 9.88 Å². The van der Waals surface area contributed by atoms with Crippen LogP contribution in [0.1, 0.15) is 47.8 Å². The van der Waals surface area contributed by atoms with Crippen molar-refractivity contribution >= 4 is 5.91 Å². The van der Waals surface area contributed by atoms with Crippen LogP contribution in [0.2, 0.25) is 0 Å². The Morgan fingerprint density at radius 2 is 2.04 bits per heavy atom. The minimum absolute atomic E-state index is 0.110. The smallest absolute Gasteiger partial charge is 0.220 e. The van der Waals surface area contributed by atoms with Crippen LogP contribution in [0.5, 0.6) is 5.75 Å². The molecule has 1 aromatic carbocycles. The number of aryl methyl sites for hydroxylation is 2. The third kappa shape index (κ3) is 4.44. The first-order chi connectivity index (χ1) is 12.1. The van der Waals surface area contributed by atoms with Gasteiger partial charge in [0.15, 0.2) is 0 Å². The summed E-state index contributed by atoms with van der Waals surface area (Å²) in [5.74, 6) is 0.947. The Labute approximate surface area is 150 Å². The van der Waals surface area contributed by atoms with Crippen molar-refractivity contribution in [2.45, 2.75) is 52.0 Å². The topological polar surface area (TPSA) is 43.3 Å². The number of amides is 1. The number of benzene rings is 1. The summed E-state index contributed by atoms with van der Waals surface area (Å²) in [4.78, 5) is 12.1. The highest BCUT2D eigenvalue weighted by atomic mass is 16.5. The molecule has 1 amide bonds. The Morgan fingerprint density at radius 3 is 2.76 bits per heavy atom. The van der Waals surface area contributed by atoms with Crippen molar-refractivity contribution in [3.05, 3.63) is 52.8 Å². The zero-order valence-electron chi connectivity index (χ0n) is 15.5. The molecule has 134 valence electrons. The maximum Gasteiger partial charge on any atom is 0.220 e. The van der Waals surface area contributed by atoms with E-state index >= 15 is 0 Å². The van der Waals surface area contributed by atoms with Gasteiger partial charge in [0.1, 0.15) is 5.75 Å². The molecule has 0 aliphatic heterocycles. The van der Waals surface area contributed by atoms with E-state index in [9.17, 15) is 4.79 Å². The van der Waals surface area contributed by atoms with E-state index in [-0.39, 0.29) is 5.91 Å². The summed E-state index contributed by atoms with van der Waals surface area (Å²) in [7, 11) is 1.66. The van der Waals surface area contributed by atoms with Gasteiger partial charge in [-0.15, -0.1) is 0 Å². The highest BCUT2D eigenvalue weighted by Gasteiger charge is 2.26. The van der Waals surface area contributed by atoms with Crippen LogP contribution in [0.3, 0.4) is 0 Å². The summed E-state index contributed by atoms with van der Waals surface area (Å²) >= 11 is 0. The summed E-state index contributed by atoms with van der Waals surface area (Å²) < 4.78 is 7.68. The molecule has 25 heavy (non-hydrogen) atoms. The normalized spacial score (nSPS) is 13.7. The maximum absolute atomic E-state index is 12.1. The van der Waals surface area contributed by atoms with Gasteiger partial charge in [0.25, 0.3) is 0 Å². The summed E-state index contributed by atoms with van der Waals surface area (Å²) in [5, 5.41) is 3.05. The van der Waals surface area contributed by atoms with Crippen molar-refractivity contribution in [2.24, 2.45) is 0 Å². The van der Waals surface area contributed by atoms with E-state index in [1.54, 1.807) is 7.11 Å². The van der Waals surface area contributed by atoms with Gasteiger partial charge in [-0.3, -0.25) is 4.79 Å². The summed E-state index contributed by atoms with van der Waals surface area (Å²) in [5.41, 5.74) is 5.20. The molecule has 4 nitrogen and oxygen atoms in total. The van der Waals surface area contributed by atoms with Gasteiger partial charge in [0.05, 0.1) is 7.11 Å². The lowest BCUT2D eigenvalue weighted by Crippen LogP contribution is -2.26. The zero-order chi connectivity index (χ0) is 17.8. The first-order valence-corrected chi connectivity index (χ1v) is 9.15. The maximum atomic E-state index is 12.1. The number of rotatable bonds is 8. The van der Waals surface area contributed by atoms with E-state index in [2.05, 4.69) is 29.8 Å². The molecule has 3 rings (SSSR count). The second-order valence-electron chi connectivity index (χ2n) is 6.95. The Balaban J connectivity index is 1.44. The second-order valence-corrected chi connectivity index (χ2v) is 6.95. The molecular weight excluding hydrogens is 312 g/mol. The lowest BCUT2D eigenvalue weighted by Gasteiger charge is -2.09. The van der Waals surface area contributed by atoms with E-state index in [4.69, 9.17) is 4.74 Å². The highest BCUT2D eigenvalue weighted by Crippen LogP contribution is 2.38. The fourth-order valence-electron chi connectivity index (χ4n) is 3.50. The third-order valence-corrected chi connectivity index (χ3v) is 4.99. The number of ether oxygens (including phenoxy) is 1. The molecule has 2 aromatic rings. The Morgan fingerprint density at radius 1 is 1.24 bits per heavy atom. The van der Waals surface area contributed by atoms with Gasteiger partial charge in [-0.25, -0.2) is 0 Å². The monoisotopic (exact) mass is 340 g/mol. The Bertz CT molecular complexity index is 744. The fraction of sp³-hybridized carbons (Fsp3) is 0.476. The van der Waals surface area contributed by atoms with Crippen molar-refractivity contribution in [1.29, 1.82) is 0 Å². The van der Waals surface area contributed by atoms with Gasteiger partial charge in [0, 0.05) is 30.4 Å². The zero-order valence-corrected chi connectivity index (χ0v) is 15.5. The summed E-state index contributed by atoms with van der Waals surface area (Å²) in [6, 6.07) is 10.9. The lowest BCUT2D eigenvalue weighted by molar-refractivity contribution is -0.121. The van der Waals surface area contributed by atoms with Crippen LogP contribution in [-0.4, -0.2) is 24.1 Å². The van der Waals surface area contributed by atoms with Crippen LogP contribution in [0, 0.1) is 13.8 Å². The number of hydrogen-bond donors (Lipinski definition) is 1. The van der Waals surface area contributed by atoms with E-state index in [1.165, 1.54) is 29.8 Å². The van der Waals surface area contributed by atoms with Gasteiger partial charge in [0.2, 0.25) is 5.91 Å². The van der Waals surface area contributed by atoms with Crippen LogP contribution >= 0.6 is 0 Å². The Hall–Kier alpha value is -2.23. The van der Waals surface area contributed by atoms with E-state index in [0.717, 1.165) is 24.2 Å². The van der Waals surface area contributed by atoms with Gasteiger partial charge in [-0.1, -0.05) is 12.1 Å². The number of carbonyl (C=O) groups excluding carboxylic acids is 1. The first-order valence-electron chi connectivity index (χ1n) is 9.15. The number of carbonyl (C=O) groups is 1. The molecule has 1 heterocycles. The van der Waals surface area contributed by atoms with Crippen LogP contribution in [0.25, 0.3) is 0 Å². The molecule has 1 fully saturated rings. The second kappa shape index (κ2) is 7.77. The molecule has 4 heteroatoms. The predicted molar refractivity (Wildman–Crippen MR) is 100 cm³/mol. The molecule has 1 aromatic heterocycles. The van der Waals surface area contributed by atoms with E-state index in [0.29, 0.717) is 19.0 Å². The molecule has 0 bridgehead atoms. The average Bonchev–Trinajstić information content (AvgIpc) is 3.40. The number of aromatic nitrogens is 1. The summed E-state index contributed by atoms with van der Waals surface area (Å²) in [6.45, 7) is 5.08. The molecule has 1 N–H and O–H groups in total. The molecule has 1 aliphatic rings. The van der Waals surface area contributed by atoms with Gasteiger partial charge < -0.3 is 14.6 Å². The molecule has 1 aliphatic carbocycles. The molecule has 0 atom stereocenters. The minimum atomic E-state index is 0.110. The molecule has 0 saturated heterocycles. The average molecular weight is 340 g/mol. The molecule has 0 spiro atoms. The number of hydrogen-bond acceptors (Lipinski definition) is 2. The van der Waals surface area contributed by atoms with Crippen LogP contribution in [0.15, 0.2) is 30.3 Å². The van der Waals surface area contributed by atoms with Gasteiger partial charge in [-0.05, 0) is 68.9 Å². The number of nitrogens with one attached hydrogen (secondary N) is 1. The van der Waals surface area contributed by atoms with E-state index in [1.807, 2.05) is 24.3 Å². The fourth-order valence-corrected chi connectivity index (χ4v) is 3.50. The third-order valence-electron chi connectivity index (χ3n) is 4.99. The number of methoxy groups -OCH3 is 1. The number of nitrogens with zero attached hydrogens (tertiary/aromatic N) is 1. The van der Waals surface area contributed by atoms with Gasteiger partial charge in [-0.2, -0.15) is 0 Å². The molecule has 1 saturated carbocycles. The summed E-state index contributed by atoms with van der Waals surface area (Å²) in [6.07, 6.45) is 4.75. The van der Waals surface area contributed by atoms with Crippen LogP contribution in [0.4, 0.5) is 0 Å². The van der Waals surface area contributed by atoms with E-state index < -0.39 is 0 Å². The van der Waals surface area contributed by atoms with Crippen molar-refractivity contribution in [3.8, 4) is 5.75 Å². The largest absolute Gasteiger partial charge is 0.497 e. The van der Waals surface area contributed by atoms with Crippen molar-refractivity contribution in [2.75, 3.05) is 13.7 Å². The lowest BCUT2D eigenvalue weighted by atomic mass is 10.1. The molecular formula is C21H28N2O2. The van der Waals surface area contributed by atoms with Crippen LogP contribution in [-0.2, 0) is 17.6 Å². The standard InChI is InChI=1S/C21H28N2O2/c1-15-13-18(16(2)23(15)19-8-9-19)11-12-22-21(24)10-7-17-5-4-6-20(14-17)25-3/h4-6,13-14,19H,7-12H2,1-3H3,(H,22,24). The van der Waals surface area contributed by atoms with Crippen molar-refractivity contribution < 1.29 is 9.53 Å². The quantitative estimate of drug-likeness (QED) is 0.795. The van der Waals surface area contributed by atoms with Gasteiger partial charge >= 0.3 is 0 Å². The highest BCUT2D eigenvalue weighted by molar-refractivity contribution is 5.76. The SMILES string of the molecule is COc1cccc(CCC(=O)NCCc2cc(C)n(C3CC3)c2C)c1. The predicted octanol–water partition coefficient (Wildman–Crippen LogP) is 3.74. The molecule has 0 radical (unpaired) electrons. The Kier molecular flexibility index (Phi) is 5.47. The van der Waals surface area contributed by atoms with Crippen LogP contribution < -0.4 is 10.1 Å². The van der Waals surface area contributed by atoms with Crippen molar-refractivity contribution in [3.63, 3.8) is 0 Å².